The lowest BCUT2D eigenvalue weighted by Gasteiger charge is -2.31. The number of amides is 1. The Bertz CT molecular complexity index is 736. The molecule has 4 rings (SSSR count). The van der Waals surface area contributed by atoms with Crippen molar-refractivity contribution in [2.75, 3.05) is 27.2 Å². The van der Waals surface area contributed by atoms with Crippen LogP contribution in [0.5, 0.6) is 0 Å². The second kappa shape index (κ2) is 7.23. The summed E-state index contributed by atoms with van der Waals surface area (Å²) in [6.07, 6.45) is 4.26. The highest BCUT2D eigenvalue weighted by atomic mass is 16.2. The van der Waals surface area contributed by atoms with Gasteiger partial charge in [0.05, 0.1) is 6.54 Å². The van der Waals surface area contributed by atoms with Crippen molar-refractivity contribution < 1.29 is 4.79 Å². The zero-order valence-electron chi connectivity index (χ0n) is 15.8. The molecule has 1 aromatic carbocycles. The molecular weight excluding hydrogens is 324 g/mol. The fraction of sp³-hybridized carbons (Fsp3) is 0.524. The van der Waals surface area contributed by atoms with Crippen molar-refractivity contribution in [3.05, 3.63) is 53.3 Å². The standard InChI is InChI=1S/C21H28N4O/c1-23(2)19-13-18-14-20(22-25(18)15-19)21(26)24-10-8-17(9-11-24)12-16-6-4-3-5-7-16/h3-7,14,17,19H,8-13,15H2,1-2H3/t19-/m0/s1. The SMILES string of the molecule is CN(C)[C@H]1Cc2cc(C(=O)N3CCC(Cc4ccccc4)CC3)nn2C1. The van der Waals surface area contributed by atoms with Gasteiger partial charge in [0.1, 0.15) is 0 Å². The van der Waals surface area contributed by atoms with E-state index < -0.39 is 0 Å². The lowest BCUT2D eigenvalue weighted by atomic mass is 9.90. The van der Waals surface area contributed by atoms with Crippen molar-refractivity contribution >= 4 is 5.91 Å². The summed E-state index contributed by atoms with van der Waals surface area (Å²) >= 11 is 0. The molecule has 1 amide bonds. The molecule has 1 fully saturated rings. The largest absolute Gasteiger partial charge is 0.337 e. The van der Waals surface area contributed by atoms with Gasteiger partial charge in [-0.2, -0.15) is 5.10 Å². The van der Waals surface area contributed by atoms with E-state index in [0.717, 1.165) is 45.3 Å². The number of fused-ring (bicyclic) bond motifs is 1. The summed E-state index contributed by atoms with van der Waals surface area (Å²) in [6.45, 7) is 2.58. The molecule has 0 radical (unpaired) electrons. The highest BCUT2D eigenvalue weighted by Crippen LogP contribution is 2.24. The van der Waals surface area contributed by atoms with Crippen molar-refractivity contribution in [3.63, 3.8) is 0 Å². The molecule has 26 heavy (non-hydrogen) atoms. The molecule has 0 spiro atoms. The van der Waals surface area contributed by atoms with E-state index in [2.05, 4.69) is 54.4 Å². The first-order valence-electron chi connectivity index (χ1n) is 9.66. The smallest absolute Gasteiger partial charge is 0.274 e. The molecular formula is C21H28N4O. The van der Waals surface area contributed by atoms with Crippen LogP contribution < -0.4 is 0 Å². The Kier molecular flexibility index (Phi) is 4.81. The van der Waals surface area contributed by atoms with Gasteiger partial charge in [0.2, 0.25) is 0 Å². The third kappa shape index (κ3) is 3.54. The number of hydrogen-bond donors (Lipinski definition) is 0. The van der Waals surface area contributed by atoms with E-state index in [4.69, 9.17) is 0 Å². The summed E-state index contributed by atoms with van der Waals surface area (Å²) in [5, 5.41) is 4.58. The van der Waals surface area contributed by atoms with Gasteiger partial charge in [0.25, 0.3) is 5.91 Å². The number of likely N-dealkylation sites (tertiary alicyclic amines) is 1. The van der Waals surface area contributed by atoms with Crippen LogP contribution in [-0.2, 0) is 19.4 Å². The fourth-order valence-electron chi connectivity index (χ4n) is 4.18. The minimum absolute atomic E-state index is 0.103. The van der Waals surface area contributed by atoms with E-state index in [1.54, 1.807) is 0 Å². The quantitative estimate of drug-likeness (QED) is 0.849. The zero-order chi connectivity index (χ0) is 18.1. The predicted octanol–water partition coefficient (Wildman–Crippen LogP) is 2.46. The van der Waals surface area contributed by atoms with Gasteiger partial charge in [-0.15, -0.1) is 0 Å². The van der Waals surface area contributed by atoms with Crippen molar-refractivity contribution in [3.8, 4) is 0 Å². The molecule has 1 saturated heterocycles. The number of carbonyl (C=O) groups excluding carboxylic acids is 1. The third-order valence-corrected chi connectivity index (χ3v) is 5.91. The first-order chi connectivity index (χ1) is 12.6. The molecule has 0 saturated carbocycles. The Morgan fingerprint density at radius 2 is 1.92 bits per heavy atom. The van der Waals surface area contributed by atoms with E-state index >= 15 is 0 Å². The topological polar surface area (TPSA) is 41.4 Å². The van der Waals surface area contributed by atoms with Gasteiger partial charge >= 0.3 is 0 Å². The summed E-state index contributed by atoms with van der Waals surface area (Å²) < 4.78 is 2.01. The lowest BCUT2D eigenvalue weighted by molar-refractivity contribution is 0.0683. The first kappa shape index (κ1) is 17.3. The van der Waals surface area contributed by atoms with Crippen LogP contribution in [-0.4, -0.2) is 58.7 Å². The maximum Gasteiger partial charge on any atom is 0.274 e. The Labute approximate surface area is 155 Å². The Hall–Kier alpha value is -2.14. The predicted molar refractivity (Wildman–Crippen MR) is 102 cm³/mol. The van der Waals surface area contributed by atoms with E-state index in [1.165, 1.54) is 11.3 Å². The van der Waals surface area contributed by atoms with Gasteiger partial charge in [0.15, 0.2) is 5.69 Å². The number of rotatable bonds is 4. The molecule has 0 bridgehead atoms. The molecule has 2 aliphatic heterocycles. The van der Waals surface area contributed by atoms with Crippen LogP contribution >= 0.6 is 0 Å². The van der Waals surface area contributed by atoms with Crippen LogP contribution in [0.2, 0.25) is 0 Å². The summed E-state index contributed by atoms with van der Waals surface area (Å²) in [5.41, 5.74) is 3.21. The highest BCUT2D eigenvalue weighted by molar-refractivity contribution is 5.92. The van der Waals surface area contributed by atoms with Crippen molar-refractivity contribution in [2.45, 2.75) is 38.3 Å². The monoisotopic (exact) mass is 352 g/mol. The van der Waals surface area contributed by atoms with Gasteiger partial charge in [0, 0.05) is 31.2 Å². The minimum atomic E-state index is 0.103. The molecule has 1 atom stereocenters. The molecule has 0 unspecified atom stereocenters. The number of piperidine rings is 1. The van der Waals surface area contributed by atoms with Crippen molar-refractivity contribution in [2.24, 2.45) is 5.92 Å². The third-order valence-electron chi connectivity index (χ3n) is 5.91. The van der Waals surface area contributed by atoms with Crippen LogP contribution in [0.4, 0.5) is 0 Å². The first-order valence-corrected chi connectivity index (χ1v) is 9.66. The van der Waals surface area contributed by atoms with Crippen LogP contribution in [0.3, 0.4) is 0 Å². The molecule has 0 N–H and O–H groups in total. The fourth-order valence-corrected chi connectivity index (χ4v) is 4.18. The molecule has 2 aromatic rings. The van der Waals surface area contributed by atoms with Gasteiger partial charge in [-0.1, -0.05) is 30.3 Å². The van der Waals surface area contributed by atoms with Crippen molar-refractivity contribution in [1.29, 1.82) is 0 Å². The van der Waals surface area contributed by atoms with Gasteiger partial charge in [-0.3, -0.25) is 9.48 Å². The lowest BCUT2D eigenvalue weighted by Crippen LogP contribution is -2.39. The number of hydrogen-bond acceptors (Lipinski definition) is 3. The average molecular weight is 352 g/mol. The average Bonchev–Trinajstić information content (AvgIpc) is 3.22. The molecule has 5 heteroatoms. The number of aromatic nitrogens is 2. The molecule has 2 aliphatic rings. The van der Waals surface area contributed by atoms with Gasteiger partial charge < -0.3 is 9.80 Å². The highest BCUT2D eigenvalue weighted by Gasteiger charge is 2.29. The normalized spacial score (nSPS) is 20.6. The van der Waals surface area contributed by atoms with Crippen LogP contribution in [0, 0.1) is 5.92 Å². The van der Waals surface area contributed by atoms with Gasteiger partial charge in [-0.05, 0) is 50.9 Å². The molecule has 1 aromatic heterocycles. The van der Waals surface area contributed by atoms with Crippen LogP contribution in [0.25, 0.3) is 0 Å². The maximum absolute atomic E-state index is 12.8. The number of benzene rings is 1. The molecule has 0 aliphatic carbocycles. The summed E-state index contributed by atoms with van der Waals surface area (Å²) in [4.78, 5) is 17.0. The maximum atomic E-state index is 12.8. The second-order valence-corrected chi connectivity index (χ2v) is 7.95. The van der Waals surface area contributed by atoms with E-state index in [1.807, 2.05) is 15.6 Å². The Balaban J connectivity index is 1.33. The zero-order valence-corrected chi connectivity index (χ0v) is 15.8. The summed E-state index contributed by atoms with van der Waals surface area (Å²) in [7, 11) is 4.20. The summed E-state index contributed by atoms with van der Waals surface area (Å²) in [6, 6.07) is 13.2. The summed E-state index contributed by atoms with van der Waals surface area (Å²) in [5.74, 6) is 0.778. The van der Waals surface area contributed by atoms with Crippen LogP contribution in [0.1, 0.15) is 34.6 Å². The van der Waals surface area contributed by atoms with Crippen molar-refractivity contribution in [1.82, 2.24) is 19.6 Å². The second-order valence-electron chi connectivity index (χ2n) is 7.95. The molecule has 5 nitrogen and oxygen atoms in total. The minimum Gasteiger partial charge on any atom is -0.337 e. The Morgan fingerprint density at radius 3 is 2.58 bits per heavy atom. The number of carbonyl (C=O) groups is 1. The number of nitrogens with zero attached hydrogens (tertiary/aromatic N) is 4. The van der Waals surface area contributed by atoms with E-state index in [9.17, 15) is 4.79 Å². The Morgan fingerprint density at radius 1 is 1.19 bits per heavy atom. The van der Waals surface area contributed by atoms with Crippen LogP contribution in [0.15, 0.2) is 36.4 Å². The molecule has 138 valence electrons. The van der Waals surface area contributed by atoms with E-state index in [0.29, 0.717) is 17.7 Å². The van der Waals surface area contributed by atoms with E-state index in [-0.39, 0.29) is 5.91 Å². The molecule has 3 heterocycles. The van der Waals surface area contributed by atoms with Gasteiger partial charge in [-0.25, -0.2) is 0 Å². The number of likely N-dealkylation sites (N-methyl/N-ethyl adjacent to an activating group) is 1.